The average Bonchev–Trinajstić information content (AvgIpc) is 2.41. The van der Waals surface area contributed by atoms with Gasteiger partial charge >= 0.3 is 6.09 Å². The standard InChI is InChI=1S/C13H16F2N2O3/c1-7(9-4-5-10(14)11(15)6-9)16-8(2)12(18)17-13(19)20-3/h4-8,16H,1-3H3,(H,17,18,19)/p+1/t7-,8+/m1/s1. The quantitative estimate of drug-likeness (QED) is 0.862. The van der Waals surface area contributed by atoms with Crippen LogP contribution in [0.25, 0.3) is 0 Å². The molecule has 0 spiro atoms. The van der Waals surface area contributed by atoms with Gasteiger partial charge in [-0.05, 0) is 32.0 Å². The van der Waals surface area contributed by atoms with Crippen molar-refractivity contribution in [2.75, 3.05) is 7.11 Å². The number of ether oxygens (including phenoxy) is 1. The number of halogens is 2. The van der Waals surface area contributed by atoms with Crippen molar-refractivity contribution in [3.8, 4) is 0 Å². The monoisotopic (exact) mass is 287 g/mol. The number of quaternary nitrogens is 1. The predicted molar refractivity (Wildman–Crippen MR) is 66.7 cm³/mol. The Morgan fingerprint density at radius 1 is 1.25 bits per heavy atom. The highest BCUT2D eigenvalue weighted by atomic mass is 19.2. The highest BCUT2D eigenvalue weighted by Gasteiger charge is 2.22. The van der Waals surface area contributed by atoms with E-state index in [1.54, 1.807) is 19.2 Å². The summed E-state index contributed by atoms with van der Waals surface area (Å²) >= 11 is 0. The SMILES string of the molecule is COC(=O)NC(=O)[C@H](C)[NH2+][C@H](C)c1ccc(F)c(F)c1. The molecule has 1 aromatic carbocycles. The summed E-state index contributed by atoms with van der Waals surface area (Å²) < 4.78 is 30.3. The largest absolute Gasteiger partial charge is 0.453 e. The summed E-state index contributed by atoms with van der Waals surface area (Å²) in [5.41, 5.74) is 0.543. The molecule has 0 aliphatic rings. The smallest absolute Gasteiger partial charge is 0.413 e. The second-order valence-electron chi connectivity index (χ2n) is 4.42. The molecule has 2 atom stereocenters. The molecule has 2 amide bonds. The fourth-order valence-corrected chi connectivity index (χ4v) is 1.69. The highest BCUT2D eigenvalue weighted by molar-refractivity contribution is 5.93. The molecule has 5 nitrogen and oxygen atoms in total. The molecule has 0 aliphatic carbocycles. The zero-order chi connectivity index (χ0) is 15.3. The molecule has 0 bridgehead atoms. The lowest BCUT2D eigenvalue weighted by molar-refractivity contribution is -0.710. The lowest BCUT2D eigenvalue weighted by atomic mass is 10.1. The molecular weight excluding hydrogens is 270 g/mol. The van der Waals surface area contributed by atoms with E-state index in [2.05, 4.69) is 4.74 Å². The van der Waals surface area contributed by atoms with Crippen LogP contribution in [0.1, 0.15) is 25.5 Å². The molecule has 0 radical (unpaired) electrons. The van der Waals surface area contributed by atoms with Gasteiger partial charge in [0, 0.05) is 5.56 Å². The molecule has 0 saturated carbocycles. The number of rotatable bonds is 4. The number of carbonyl (C=O) groups excluding carboxylic acids is 2. The summed E-state index contributed by atoms with van der Waals surface area (Å²) in [5, 5.41) is 3.67. The fourth-order valence-electron chi connectivity index (χ4n) is 1.69. The van der Waals surface area contributed by atoms with Gasteiger partial charge in [-0.25, -0.2) is 13.6 Å². The molecule has 0 saturated heterocycles. The Hall–Kier alpha value is -2.02. The molecule has 1 rings (SSSR count). The molecule has 0 aromatic heterocycles. The molecule has 20 heavy (non-hydrogen) atoms. The van der Waals surface area contributed by atoms with Gasteiger partial charge in [0.1, 0.15) is 6.04 Å². The number of hydrogen-bond acceptors (Lipinski definition) is 3. The summed E-state index contributed by atoms with van der Waals surface area (Å²) in [6.07, 6.45) is -0.837. The summed E-state index contributed by atoms with van der Waals surface area (Å²) in [7, 11) is 1.15. The first-order valence-corrected chi connectivity index (χ1v) is 6.04. The Morgan fingerprint density at radius 3 is 2.45 bits per heavy atom. The minimum Gasteiger partial charge on any atom is -0.453 e. The van der Waals surface area contributed by atoms with Gasteiger partial charge in [0.15, 0.2) is 17.7 Å². The van der Waals surface area contributed by atoms with Crippen LogP contribution in [0.2, 0.25) is 0 Å². The number of methoxy groups -OCH3 is 1. The minimum atomic E-state index is -0.936. The van der Waals surface area contributed by atoms with Crippen molar-refractivity contribution in [1.29, 1.82) is 0 Å². The van der Waals surface area contributed by atoms with Gasteiger partial charge in [0.05, 0.1) is 7.11 Å². The Balaban J connectivity index is 2.64. The van der Waals surface area contributed by atoms with E-state index in [1.165, 1.54) is 6.07 Å². The van der Waals surface area contributed by atoms with Crippen LogP contribution in [0.4, 0.5) is 13.6 Å². The van der Waals surface area contributed by atoms with Crippen LogP contribution < -0.4 is 10.6 Å². The van der Waals surface area contributed by atoms with Crippen LogP contribution in [0, 0.1) is 11.6 Å². The fraction of sp³-hybridized carbons (Fsp3) is 0.385. The van der Waals surface area contributed by atoms with Crippen molar-refractivity contribution in [1.82, 2.24) is 5.32 Å². The van der Waals surface area contributed by atoms with Crippen LogP contribution in [-0.4, -0.2) is 25.2 Å². The van der Waals surface area contributed by atoms with E-state index in [1.807, 2.05) is 5.32 Å². The average molecular weight is 287 g/mol. The number of carbonyl (C=O) groups is 2. The molecule has 7 heteroatoms. The van der Waals surface area contributed by atoms with Crippen molar-refractivity contribution in [3.63, 3.8) is 0 Å². The number of amides is 2. The number of nitrogens with one attached hydrogen (secondary N) is 1. The third-order valence-corrected chi connectivity index (χ3v) is 2.87. The first-order chi connectivity index (χ1) is 9.35. The molecule has 0 fully saturated rings. The molecule has 0 unspecified atom stereocenters. The highest BCUT2D eigenvalue weighted by Crippen LogP contribution is 2.13. The van der Waals surface area contributed by atoms with Gasteiger partial charge < -0.3 is 10.1 Å². The lowest BCUT2D eigenvalue weighted by Gasteiger charge is -2.16. The molecule has 1 aromatic rings. The maximum atomic E-state index is 13.1. The number of hydrogen-bond donors (Lipinski definition) is 2. The van der Waals surface area contributed by atoms with E-state index in [4.69, 9.17) is 0 Å². The number of nitrogens with two attached hydrogens (primary N) is 1. The van der Waals surface area contributed by atoms with Gasteiger partial charge in [-0.15, -0.1) is 0 Å². The summed E-state index contributed by atoms with van der Waals surface area (Å²) in [6, 6.07) is 2.71. The van der Waals surface area contributed by atoms with Crippen LogP contribution >= 0.6 is 0 Å². The molecule has 0 heterocycles. The van der Waals surface area contributed by atoms with Crippen molar-refractivity contribution in [2.45, 2.75) is 25.9 Å². The second-order valence-corrected chi connectivity index (χ2v) is 4.42. The molecule has 3 N–H and O–H groups in total. The van der Waals surface area contributed by atoms with E-state index >= 15 is 0 Å². The van der Waals surface area contributed by atoms with Gasteiger partial charge in [-0.1, -0.05) is 0 Å². The van der Waals surface area contributed by atoms with E-state index in [0.29, 0.717) is 5.56 Å². The van der Waals surface area contributed by atoms with Crippen molar-refractivity contribution in [2.24, 2.45) is 0 Å². The number of benzene rings is 1. The third kappa shape index (κ3) is 4.27. The Kier molecular flexibility index (Phi) is 5.57. The van der Waals surface area contributed by atoms with Gasteiger partial charge in [0.25, 0.3) is 5.91 Å². The first-order valence-electron chi connectivity index (χ1n) is 6.04. The van der Waals surface area contributed by atoms with Crippen molar-refractivity contribution >= 4 is 12.0 Å². The lowest BCUT2D eigenvalue weighted by Crippen LogP contribution is -2.92. The van der Waals surface area contributed by atoms with Crippen molar-refractivity contribution in [3.05, 3.63) is 35.4 Å². The van der Waals surface area contributed by atoms with Crippen LogP contribution in [0.15, 0.2) is 18.2 Å². The normalized spacial score (nSPS) is 13.4. The van der Waals surface area contributed by atoms with E-state index in [-0.39, 0.29) is 6.04 Å². The summed E-state index contributed by atoms with van der Waals surface area (Å²) in [6.45, 7) is 3.34. The summed E-state index contributed by atoms with van der Waals surface area (Å²) in [4.78, 5) is 22.5. The van der Waals surface area contributed by atoms with Crippen LogP contribution in [0.5, 0.6) is 0 Å². The Bertz CT molecular complexity index is 508. The Labute approximate surface area is 115 Å². The van der Waals surface area contributed by atoms with Crippen molar-refractivity contribution < 1.29 is 28.4 Å². The Morgan fingerprint density at radius 2 is 1.90 bits per heavy atom. The topological polar surface area (TPSA) is 72.0 Å². The van der Waals surface area contributed by atoms with Crippen LogP contribution in [-0.2, 0) is 9.53 Å². The second kappa shape index (κ2) is 6.95. The van der Waals surface area contributed by atoms with Gasteiger partial charge in [-0.2, -0.15) is 0 Å². The maximum Gasteiger partial charge on any atom is 0.413 e. The number of alkyl carbamates (subject to hydrolysis) is 1. The van der Waals surface area contributed by atoms with E-state index in [0.717, 1.165) is 19.2 Å². The van der Waals surface area contributed by atoms with Gasteiger partial charge in [-0.3, -0.25) is 10.1 Å². The molecular formula is C13H17F2N2O3+. The van der Waals surface area contributed by atoms with Crippen LogP contribution in [0.3, 0.4) is 0 Å². The predicted octanol–water partition coefficient (Wildman–Crippen LogP) is 0.860. The third-order valence-electron chi connectivity index (χ3n) is 2.87. The number of imide groups is 1. The van der Waals surface area contributed by atoms with Gasteiger partial charge in [0.2, 0.25) is 0 Å². The zero-order valence-corrected chi connectivity index (χ0v) is 11.4. The first kappa shape index (κ1) is 16.0. The summed E-state index contributed by atoms with van der Waals surface area (Å²) in [5.74, 6) is -2.38. The zero-order valence-electron chi connectivity index (χ0n) is 11.4. The van der Waals surface area contributed by atoms with E-state index in [9.17, 15) is 18.4 Å². The molecule has 0 aliphatic heterocycles. The maximum absolute atomic E-state index is 13.1. The van der Waals surface area contributed by atoms with E-state index < -0.39 is 29.7 Å². The molecule has 110 valence electrons. The minimum absolute atomic E-state index is 0.275.